The zero-order valence-corrected chi connectivity index (χ0v) is 18.9. The van der Waals surface area contributed by atoms with E-state index >= 15 is 0 Å². The zero-order chi connectivity index (χ0) is 23.9. The number of ether oxygens (including phenoxy) is 4. The maximum Gasteiger partial charge on any atom is 0.341 e. The third-order valence-corrected chi connectivity index (χ3v) is 5.30. The van der Waals surface area contributed by atoms with Gasteiger partial charge in [0.1, 0.15) is 30.3 Å². The second-order valence-electron chi connectivity index (χ2n) is 7.64. The van der Waals surface area contributed by atoms with Gasteiger partial charge in [-0.05, 0) is 29.8 Å². The number of aryl methyl sites for hydroxylation is 1. The number of hydrogen-bond donors (Lipinski definition) is 2. The summed E-state index contributed by atoms with van der Waals surface area (Å²) in [6.07, 6.45) is 0.509. The van der Waals surface area contributed by atoms with E-state index in [-0.39, 0.29) is 5.43 Å². The van der Waals surface area contributed by atoms with Gasteiger partial charge in [0, 0.05) is 25.6 Å². The maximum absolute atomic E-state index is 13.2. The lowest BCUT2D eigenvalue weighted by Crippen LogP contribution is -2.30. The van der Waals surface area contributed by atoms with E-state index in [1.165, 1.54) is 6.07 Å². The first-order chi connectivity index (χ1) is 16.6. The fraction of sp³-hybridized carbons (Fsp3) is 0.360. The summed E-state index contributed by atoms with van der Waals surface area (Å²) in [5.74, 6) is 1.03. The molecule has 2 aliphatic heterocycles. The van der Waals surface area contributed by atoms with Gasteiger partial charge in [-0.2, -0.15) is 0 Å². The van der Waals surface area contributed by atoms with Gasteiger partial charge in [0.25, 0.3) is 0 Å². The molecular formula is C25H27NO8. The number of rotatable bonds is 5. The molecule has 0 aliphatic carbocycles. The Kier molecular flexibility index (Phi) is 7.66. The number of morpholine rings is 1. The Balaban J connectivity index is 0.000000398. The van der Waals surface area contributed by atoms with Crippen LogP contribution in [0.4, 0.5) is 0 Å². The number of nitrogens with one attached hydrogen (secondary N) is 1. The van der Waals surface area contributed by atoms with E-state index in [0.717, 1.165) is 26.3 Å². The van der Waals surface area contributed by atoms with E-state index in [1.54, 1.807) is 24.3 Å². The Hall–Kier alpha value is -3.56. The lowest BCUT2D eigenvalue weighted by molar-refractivity contribution is -0.139. The fourth-order valence-electron chi connectivity index (χ4n) is 3.71. The van der Waals surface area contributed by atoms with Crippen molar-refractivity contribution in [2.45, 2.75) is 13.3 Å². The molecule has 0 atom stereocenters. The van der Waals surface area contributed by atoms with Gasteiger partial charge in [-0.1, -0.05) is 13.0 Å². The molecular weight excluding hydrogens is 442 g/mol. The van der Waals surface area contributed by atoms with Gasteiger partial charge < -0.3 is 33.8 Å². The molecule has 1 fully saturated rings. The van der Waals surface area contributed by atoms with Crippen LogP contribution >= 0.6 is 0 Å². The maximum atomic E-state index is 13.2. The number of fused-ring (bicyclic) bond motifs is 2. The summed E-state index contributed by atoms with van der Waals surface area (Å²) >= 11 is 0. The van der Waals surface area contributed by atoms with Gasteiger partial charge in [0.2, 0.25) is 5.43 Å². The van der Waals surface area contributed by atoms with Crippen molar-refractivity contribution in [1.82, 2.24) is 5.32 Å². The van der Waals surface area contributed by atoms with Crippen molar-refractivity contribution < 1.29 is 33.3 Å². The number of hydrogen-bond acceptors (Lipinski definition) is 8. The van der Waals surface area contributed by atoms with Crippen LogP contribution in [-0.4, -0.2) is 57.2 Å². The van der Waals surface area contributed by atoms with Gasteiger partial charge >= 0.3 is 5.97 Å². The molecule has 3 aromatic rings. The minimum atomic E-state index is -1.08. The average molecular weight is 469 g/mol. The first-order valence-electron chi connectivity index (χ1n) is 11.2. The van der Waals surface area contributed by atoms with E-state index in [4.69, 9.17) is 28.5 Å². The molecule has 0 bridgehead atoms. The SMILES string of the molecule is C1COCCN1.CCc1oc2cc(OCC(=O)O)ccc2c(=O)c1-c1ccc2c(c1)OCCO2. The Morgan fingerprint density at radius 1 is 1.03 bits per heavy atom. The predicted octanol–water partition coefficient (Wildman–Crippen LogP) is 2.86. The van der Waals surface area contributed by atoms with E-state index in [9.17, 15) is 9.59 Å². The summed E-state index contributed by atoms with van der Waals surface area (Å²) in [6.45, 7) is 6.22. The molecule has 1 saturated heterocycles. The lowest BCUT2D eigenvalue weighted by Gasteiger charge is -2.19. The van der Waals surface area contributed by atoms with Crippen LogP contribution in [0.1, 0.15) is 12.7 Å². The van der Waals surface area contributed by atoms with Crippen LogP contribution in [0.5, 0.6) is 17.2 Å². The van der Waals surface area contributed by atoms with Crippen molar-refractivity contribution >= 4 is 16.9 Å². The van der Waals surface area contributed by atoms with Crippen LogP contribution in [0.25, 0.3) is 22.1 Å². The van der Waals surface area contributed by atoms with Crippen molar-refractivity contribution in [3.63, 3.8) is 0 Å². The molecule has 0 amide bonds. The zero-order valence-electron chi connectivity index (χ0n) is 18.9. The second-order valence-corrected chi connectivity index (χ2v) is 7.64. The lowest BCUT2D eigenvalue weighted by atomic mass is 10.0. The molecule has 9 nitrogen and oxygen atoms in total. The van der Waals surface area contributed by atoms with Crippen LogP contribution in [0.3, 0.4) is 0 Å². The van der Waals surface area contributed by atoms with Crippen LogP contribution in [0, 0.1) is 0 Å². The van der Waals surface area contributed by atoms with Gasteiger partial charge in [-0.25, -0.2) is 4.79 Å². The number of carboxylic acids is 1. The first kappa shape index (κ1) is 23.6. The monoisotopic (exact) mass is 469 g/mol. The number of carboxylic acid groups (broad SMARTS) is 1. The summed E-state index contributed by atoms with van der Waals surface area (Å²) in [6, 6.07) is 10.1. The normalized spacial score (nSPS) is 14.7. The number of carbonyl (C=O) groups is 1. The topological polar surface area (TPSA) is 116 Å². The highest BCUT2D eigenvalue weighted by atomic mass is 16.6. The van der Waals surface area contributed by atoms with Gasteiger partial charge in [0.15, 0.2) is 18.1 Å². The van der Waals surface area contributed by atoms with E-state index in [0.29, 0.717) is 64.7 Å². The predicted molar refractivity (Wildman–Crippen MR) is 125 cm³/mol. The van der Waals surface area contributed by atoms with Crippen LogP contribution < -0.4 is 25.0 Å². The molecule has 5 rings (SSSR count). The third-order valence-electron chi connectivity index (χ3n) is 5.30. The van der Waals surface area contributed by atoms with E-state index in [2.05, 4.69) is 5.32 Å². The average Bonchev–Trinajstić information content (AvgIpc) is 2.88. The second kappa shape index (κ2) is 11.0. The molecule has 3 heterocycles. The molecule has 0 unspecified atom stereocenters. The summed E-state index contributed by atoms with van der Waals surface area (Å²) < 4.78 is 27.3. The standard InChI is InChI=1S/C21H18O7.C4H9NO/c1-2-15-20(12-3-6-16-18(9-12)26-8-7-25-16)21(24)14-5-4-13(10-17(14)28-15)27-11-19(22)23;1-3-6-4-2-5-1/h3-6,9-10H,2,7-8,11H2,1H3,(H,22,23);5H,1-4H2. The van der Waals surface area contributed by atoms with Gasteiger partial charge in [0.05, 0.1) is 24.2 Å². The minimum Gasteiger partial charge on any atom is -0.486 e. The largest absolute Gasteiger partial charge is 0.486 e. The molecule has 2 N–H and O–H groups in total. The van der Waals surface area contributed by atoms with Gasteiger partial charge in [-0.3, -0.25) is 4.79 Å². The van der Waals surface area contributed by atoms with E-state index < -0.39 is 12.6 Å². The molecule has 9 heteroatoms. The van der Waals surface area contributed by atoms with Crippen molar-refractivity contribution in [3.8, 4) is 28.4 Å². The summed E-state index contributed by atoms with van der Waals surface area (Å²) in [5.41, 5.74) is 1.36. The molecule has 180 valence electrons. The summed E-state index contributed by atoms with van der Waals surface area (Å²) in [7, 11) is 0. The fourth-order valence-corrected chi connectivity index (χ4v) is 3.71. The molecule has 0 spiro atoms. The van der Waals surface area contributed by atoms with Crippen molar-refractivity contribution in [3.05, 3.63) is 52.4 Å². The van der Waals surface area contributed by atoms with Gasteiger partial charge in [-0.15, -0.1) is 0 Å². The Morgan fingerprint density at radius 3 is 2.44 bits per heavy atom. The highest BCUT2D eigenvalue weighted by Crippen LogP contribution is 2.35. The summed E-state index contributed by atoms with van der Waals surface area (Å²) in [4.78, 5) is 23.9. The molecule has 0 saturated carbocycles. The molecule has 2 aromatic carbocycles. The quantitative estimate of drug-likeness (QED) is 0.582. The highest BCUT2D eigenvalue weighted by Gasteiger charge is 2.19. The van der Waals surface area contributed by atoms with Crippen LogP contribution in [-0.2, 0) is 16.0 Å². The Labute approximate surface area is 196 Å². The third kappa shape index (κ3) is 5.49. The molecule has 34 heavy (non-hydrogen) atoms. The number of benzene rings is 2. The molecule has 0 radical (unpaired) electrons. The summed E-state index contributed by atoms with van der Waals surface area (Å²) in [5, 5.41) is 12.3. The highest BCUT2D eigenvalue weighted by molar-refractivity contribution is 5.84. The first-order valence-corrected chi connectivity index (χ1v) is 11.2. The Morgan fingerprint density at radius 2 is 1.79 bits per heavy atom. The van der Waals surface area contributed by atoms with Crippen LogP contribution in [0.15, 0.2) is 45.6 Å². The van der Waals surface area contributed by atoms with Crippen molar-refractivity contribution in [2.24, 2.45) is 0 Å². The number of aliphatic carboxylic acids is 1. The van der Waals surface area contributed by atoms with E-state index in [1.807, 2.05) is 13.0 Å². The minimum absolute atomic E-state index is 0.167. The van der Waals surface area contributed by atoms with Crippen molar-refractivity contribution in [1.29, 1.82) is 0 Å². The Bertz CT molecular complexity index is 1200. The molecule has 1 aromatic heterocycles. The van der Waals surface area contributed by atoms with Crippen LogP contribution in [0.2, 0.25) is 0 Å². The van der Waals surface area contributed by atoms with Crippen molar-refractivity contribution in [2.75, 3.05) is 46.1 Å². The smallest absolute Gasteiger partial charge is 0.341 e. The molecule has 2 aliphatic rings.